The maximum Gasteiger partial charge on any atom is 0.242 e. The highest BCUT2D eigenvalue weighted by molar-refractivity contribution is 5.81. The standard InChI is InChI=1S/C24H37N9O/c25-10-7-17-8-13-32(14-9-17)20-6-5-18(15-26-20)28-22-21-19(16-27-31-23(21)34)29-24(30-22)33-11-3-1-2-4-12-33/h5-6,15,17,19,21-22,24,27-30H,1-4,7-9,11-14,16H2,(H,31,34). The third kappa shape index (κ3) is 5.28. The molecule has 1 aromatic heterocycles. The van der Waals surface area contributed by atoms with Gasteiger partial charge >= 0.3 is 0 Å². The number of carbonyl (C=O) groups excluding carboxylic acids is 1. The van der Waals surface area contributed by atoms with Crippen molar-refractivity contribution in [2.24, 2.45) is 11.8 Å². The fraction of sp³-hybridized carbons (Fsp3) is 0.708. The van der Waals surface area contributed by atoms with Gasteiger partial charge in [-0.05, 0) is 43.7 Å². The van der Waals surface area contributed by atoms with Gasteiger partial charge in [0, 0.05) is 45.2 Å². The summed E-state index contributed by atoms with van der Waals surface area (Å²) < 4.78 is 0. The highest BCUT2D eigenvalue weighted by Gasteiger charge is 2.45. The second-order valence-corrected chi connectivity index (χ2v) is 10.0. The first-order chi connectivity index (χ1) is 16.7. The van der Waals surface area contributed by atoms with E-state index in [9.17, 15) is 4.79 Å². The molecule has 1 amide bonds. The molecule has 1 aromatic rings. The Kier molecular flexibility index (Phi) is 7.45. The lowest BCUT2D eigenvalue weighted by Gasteiger charge is -2.48. The number of fused-ring (bicyclic) bond motifs is 1. The first-order valence-corrected chi connectivity index (χ1v) is 12.8. The molecule has 0 aromatic carbocycles. The molecule has 0 spiro atoms. The highest BCUT2D eigenvalue weighted by atomic mass is 16.2. The average Bonchev–Trinajstić information content (AvgIpc) is 3.15. The van der Waals surface area contributed by atoms with Crippen LogP contribution in [0.1, 0.15) is 44.9 Å². The number of carbonyl (C=O) groups is 1. The first-order valence-electron chi connectivity index (χ1n) is 12.8. The summed E-state index contributed by atoms with van der Waals surface area (Å²) in [6.45, 7) is 4.71. The van der Waals surface area contributed by atoms with Gasteiger partial charge in [-0.2, -0.15) is 5.26 Å². The normalized spacial score (nSPS) is 31.1. The molecule has 5 rings (SSSR count). The van der Waals surface area contributed by atoms with E-state index in [-0.39, 0.29) is 30.3 Å². The fourth-order valence-corrected chi connectivity index (χ4v) is 5.74. The van der Waals surface area contributed by atoms with Gasteiger partial charge in [0.05, 0.1) is 30.0 Å². The van der Waals surface area contributed by atoms with Crippen LogP contribution in [-0.2, 0) is 4.79 Å². The van der Waals surface area contributed by atoms with Gasteiger partial charge in [0.2, 0.25) is 5.91 Å². The Morgan fingerprint density at radius 2 is 1.88 bits per heavy atom. The molecule has 5 N–H and O–H groups in total. The second-order valence-electron chi connectivity index (χ2n) is 10.0. The van der Waals surface area contributed by atoms with Crippen LogP contribution in [0, 0.1) is 23.2 Å². The molecule has 4 fully saturated rings. The Balaban J connectivity index is 1.25. The number of rotatable bonds is 5. The lowest BCUT2D eigenvalue weighted by molar-refractivity contribution is -0.132. The van der Waals surface area contributed by atoms with Crippen molar-refractivity contribution >= 4 is 17.4 Å². The lowest BCUT2D eigenvalue weighted by atomic mass is 9.91. The van der Waals surface area contributed by atoms with Crippen LogP contribution in [0.5, 0.6) is 0 Å². The van der Waals surface area contributed by atoms with E-state index in [1.807, 2.05) is 6.20 Å². The largest absolute Gasteiger partial charge is 0.368 e. The Morgan fingerprint density at radius 3 is 2.59 bits per heavy atom. The molecule has 4 aliphatic rings. The molecule has 0 radical (unpaired) electrons. The van der Waals surface area contributed by atoms with Gasteiger partial charge in [-0.3, -0.25) is 25.8 Å². The Labute approximate surface area is 201 Å². The smallest absolute Gasteiger partial charge is 0.242 e. The summed E-state index contributed by atoms with van der Waals surface area (Å²) in [6.07, 6.45) is 9.43. The Bertz CT molecular complexity index is 856. The van der Waals surface area contributed by atoms with Gasteiger partial charge in [0.25, 0.3) is 0 Å². The summed E-state index contributed by atoms with van der Waals surface area (Å²) in [5.74, 6) is 1.24. The molecule has 0 saturated carbocycles. The molecule has 34 heavy (non-hydrogen) atoms. The number of hydrogen-bond donors (Lipinski definition) is 5. The maximum atomic E-state index is 12.8. The summed E-state index contributed by atoms with van der Waals surface area (Å²) in [5.41, 5.74) is 6.74. The molecule has 4 atom stereocenters. The van der Waals surface area contributed by atoms with Gasteiger partial charge in [-0.25, -0.2) is 10.4 Å². The molecule has 5 heterocycles. The van der Waals surface area contributed by atoms with E-state index in [1.54, 1.807) is 0 Å². The summed E-state index contributed by atoms with van der Waals surface area (Å²) >= 11 is 0. The number of anilines is 2. The maximum absolute atomic E-state index is 12.8. The zero-order valence-electron chi connectivity index (χ0n) is 19.8. The number of piperidine rings is 1. The number of nitrogens with one attached hydrogen (secondary N) is 5. The van der Waals surface area contributed by atoms with Gasteiger partial charge in [0.1, 0.15) is 12.1 Å². The van der Waals surface area contributed by atoms with Crippen molar-refractivity contribution in [2.75, 3.05) is 42.9 Å². The van der Waals surface area contributed by atoms with Crippen LogP contribution in [0.25, 0.3) is 0 Å². The number of amides is 1. The molecule has 0 bridgehead atoms. The predicted octanol–water partition coefficient (Wildman–Crippen LogP) is 0.921. The monoisotopic (exact) mass is 467 g/mol. The van der Waals surface area contributed by atoms with Crippen LogP contribution in [0.3, 0.4) is 0 Å². The molecule has 10 heteroatoms. The zero-order chi connectivity index (χ0) is 23.3. The first kappa shape index (κ1) is 23.3. The highest BCUT2D eigenvalue weighted by Crippen LogP contribution is 2.26. The lowest BCUT2D eigenvalue weighted by Crippen LogP contribution is -2.76. The quantitative estimate of drug-likeness (QED) is 0.430. The van der Waals surface area contributed by atoms with Crippen LogP contribution < -0.4 is 31.7 Å². The van der Waals surface area contributed by atoms with Crippen molar-refractivity contribution in [2.45, 2.75) is 63.4 Å². The molecule has 184 valence electrons. The summed E-state index contributed by atoms with van der Waals surface area (Å²) in [4.78, 5) is 22.2. The third-order valence-corrected chi connectivity index (χ3v) is 7.73. The molecular formula is C24H37N9O. The van der Waals surface area contributed by atoms with Crippen LogP contribution in [0.15, 0.2) is 18.3 Å². The summed E-state index contributed by atoms with van der Waals surface area (Å²) in [5, 5.41) is 19.8. The molecule has 10 nitrogen and oxygen atoms in total. The van der Waals surface area contributed by atoms with E-state index in [0.29, 0.717) is 18.9 Å². The van der Waals surface area contributed by atoms with Crippen molar-refractivity contribution in [3.63, 3.8) is 0 Å². The van der Waals surface area contributed by atoms with Crippen LogP contribution in [-0.4, -0.2) is 67.0 Å². The predicted molar refractivity (Wildman–Crippen MR) is 130 cm³/mol. The van der Waals surface area contributed by atoms with Crippen molar-refractivity contribution < 1.29 is 4.79 Å². The van der Waals surface area contributed by atoms with E-state index in [2.05, 4.69) is 54.8 Å². The molecule has 0 aliphatic carbocycles. The average molecular weight is 468 g/mol. The minimum absolute atomic E-state index is 0.00659. The number of hydrogen-bond acceptors (Lipinski definition) is 9. The molecule has 4 saturated heterocycles. The van der Waals surface area contributed by atoms with Gasteiger partial charge in [-0.15, -0.1) is 0 Å². The van der Waals surface area contributed by atoms with E-state index < -0.39 is 0 Å². The van der Waals surface area contributed by atoms with E-state index in [0.717, 1.165) is 50.5 Å². The van der Waals surface area contributed by atoms with Crippen LogP contribution in [0.2, 0.25) is 0 Å². The summed E-state index contributed by atoms with van der Waals surface area (Å²) in [6, 6.07) is 6.46. The summed E-state index contributed by atoms with van der Waals surface area (Å²) in [7, 11) is 0. The molecular weight excluding hydrogens is 430 g/mol. The van der Waals surface area contributed by atoms with Crippen molar-refractivity contribution in [1.82, 2.24) is 31.4 Å². The van der Waals surface area contributed by atoms with Crippen molar-refractivity contribution in [3.8, 4) is 6.07 Å². The minimum Gasteiger partial charge on any atom is -0.368 e. The number of likely N-dealkylation sites (tertiary alicyclic amines) is 1. The third-order valence-electron chi connectivity index (χ3n) is 7.73. The topological polar surface area (TPSA) is 120 Å². The van der Waals surface area contributed by atoms with Crippen molar-refractivity contribution in [3.05, 3.63) is 18.3 Å². The number of hydrazine groups is 1. The van der Waals surface area contributed by atoms with Crippen LogP contribution in [0.4, 0.5) is 11.5 Å². The molecule has 4 unspecified atom stereocenters. The number of aromatic nitrogens is 1. The van der Waals surface area contributed by atoms with Gasteiger partial charge in [-0.1, -0.05) is 12.8 Å². The second kappa shape index (κ2) is 10.9. The zero-order valence-corrected chi connectivity index (χ0v) is 19.8. The minimum atomic E-state index is -0.233. The van der Waals surface area contributed by atoms with E-state index in [4.69, 9.17) is 10.2 Å². The van der Waals surface area contributed by atoms with Gasteiger partial charge < -0.3 is 10.2 Å². The van der Waals surface area contributed by atoms with E-state index in [1.165, 1.54) is 25.7 Å². The number of nitriles is 1. The van der Waals surface area contributed by atoms with Crippen LogP contribution >= 0.6 is 0 Å². The van der Waals surface area contributed by atoms with Gasteiger partial charge in [0.15, 0.2) is 0 Å². The number of nitrogens with zero attached hydrogens (tertiary/aromatic N) is 4. The Hall–Kier alpha value is -2.45. The number of pyridine rings is 1. The molecule has 4 aliphatic heterocycles. The van der Waals surface area contributed by atoms with E-state index >= 15 is 0 Å². The Morgan fingerprint density at radius 1 is 1.09 bits per heavy atom. The fourth-order valence-electron chi connectivity index (χ4n) is 5.74. The van der Waals surface area contributed by atoms with Crippen molar-refractivity contribution in [1.29, 1.82) is 5.26 Å². The SMILES string of the molecule is N#CCC1CCN(c2ccc(NC3NC(N4CCCCCC4)NC4CNNC(=O)C43)cn2)CC1.